The van der Waals surface area contributed by atoms with Crippen LogP contribution >= 0.6 is 27.5 Å². The van der Waals surface area contributed by atoms with Crippen LogP contribution in [-0.4, -0.2) is 18.2 Å². The maximum Gasteiger partial charge on any atom is 0.277 e. The van der Waals surface area contributed by atoms with Crippen LogP contribution in [0.15, 0.2) is 58.1 Å². The zero-order chi connectivity index (χ0) is 15.9. The van der Waals surface area contributed by atoms with Crippen LogP contribution in [0.1, 0.15) is 12.5 Å². The molecule has 0 aromatic heterocycles. The van der Waals surface area contributed by atoms with Gasteiger partial charge in [-0.25, -0.2) is 5.43 Å². The molecule has 0 aliphatic carbocycles. The van der Waals surface area contributed by atoms with E-state index in [0.717, 1.165) is 10.0 Å². The normalized spacial score (nSPS) is 11.1. The summed E-state index contributed by atoms with van der Waals surface area (Å²) in [6.07, 6.45) is 0. The molecule has 6 heteroatoms. The maximum atomic E-state index is 11.7. The summed E-state index contributed by atoms with van der Waals surface area (Å²) >= 11 is 9.17. The van der Waals surface area contributed by atoms with Gasteiger partial charge in [-0.1, -0.05) is 39.7 Å². The van der Waals surface area contributed by atoms with Crippen LogP contribution in [0.25, 0.3) is 0 Å². The molecular weight excluding hydrogens is 368 g/mol. The highest BCUT2D eigenvalue weighted by molar-refractivity contribution is 9.10. The smallest absolute Gasteiger partial charge is 0.277 e. The lowest BCUT2D eigenvalue weighted by molar-refractivity contribution is -0.123. The molecule has 0 radical (unpaired) electrons. The fourth-order valence-electron chi connectivity index (χ4n) is 1.64. The first-order chi connectivity index (χ1) is 10.5. The van der Waals surface area contributed by atoms with E-state index < -0.39 is 0 Å². The molecule has 1 amide bonds. The average molecular weight is 382 g/mol. The summed E-state index contributed by atoms with van der Waals surface area (Å²) in [5.41, 5.74) is 4.10. The lowest BCUT2D eigenvalue weighted by Gasteiger charge is -2.06. The highest BCUT2D eigenvalue weighted by atomic mass is 79.9. The van der Waals surface area contributed by atoms with Gasteiger partial charge in [0.2, 0.25) is 0 Å². The Balaban J connectivity index is 1.86. The van der Waals surface area contributed by atoms with Gasteiger partial charge in [-0.2, -0.15) is 5.10 Å². The van der Waals surface area contributed by atoms with E-state index in [1.54, 1.807) is 24.3 Å². The Kier molecular flexibility index (Phi) is 5.98. The molecule has 0 atom stereocenters. The molecule has 0 saturated heterocycles. The molecule has 0 heterocycles. The number of rotatable bonds is 5. The van der Waals surface area contributed by atoms with Crippen molar-refractivity contribution in [3.05, 3.63) is 63.6 Å². The second-order valence-electron chi connectivity index (χ2n) is 4.49. The van der Waals surface area contributed by atoms with Gasteiger partial charge in [-0.05, 0) is 48.9 Å². The number of carbonyl (C=O) groups excluding carboxylic acids is 1. The largest absolute Gasteiger partial charge is 0.484 e. The highest BCUT2D eigenvalue weighted by Gasteiger charge is 2.03. The van der Waals surface area contributed by atoms with Crippen molar-refractivity contribution in [2.45, 2.75) is 6.92 Å². The molecule has 0 saturated carbocycles. The number of hydrogen-bond donors (Lipinski definition) is 1. The first kappa shape index (κ1) is 16.5. The zero-order valence-electron chi connectivity index (χ0n) is 11.8. The van der Waals surface area contributed by atoms with E-state index in [1.165, 1.54) is 0 Å². The predicted molar refractivity (Wildman–Crippen MR) is 91.4 cm³/mol. The van der Waals surface area contributed by atoms with Crippen molar-refractivity contribution in [1.82, 2.24) is 5.43 Å². The fourth-order valence-corrected chi connectivity index (χ4v) is 2.16. The third-order valence-electron chi connectivity index (χ3n) is 2.77. The standard InChI is InChI=1S/C16H14BrClN2O2/c1-11(12-3-2-4-13(17)9-12)19-20-16(21)10-22-15-7-5-14(18)6-8-15/h2-9H,10H2,1H3,(H,20,21)/b19-11+. The number of halogens is 2. The van der Waals surface area contributed by atoms with Crippen LogP contribution in [0, 0.1) is 0 Å². The molecule has 0 bridgehead atoms. The van der Waals surface area contributed by atoms with Gasteiger partial charge < -0.3 is 4.74 Å². The molecule has 0 unspecified atom stereocenters. The number of benzene rings is 2. The van der Waals surface area contributed by atoms with Crippen molar-refractivity contribution >= 4 is 39.1 Å². The van der Waals surface area contributed by atoms with Gasteiger partial charge in [-0.3, -0.25) is 4.79 Å². The second-order valence-corrected chi connectivity index (χ2v) is 5.84. The Morgan fingerprint density at radius 3 is 2.68 bits per heavy atom. The van der Waals surface area contributed by atoms with Crippen molar-refractivity contribution in [2.24, 2.45) is 5.10 Å². The minimum Gasteiger partial charge on any atom is -0.484 e. The van der Waals surface area contributed by atoms with Crippen molar-refractivity contribution in [1.29, 1.82) is 0 Å². The SMILES string of the molecule is C/C(=N\NC(=O)COc1ccc(Cl)cc1)c1cccc(Br)c1. The summed E-state index contributed by atoms with van der Waals surface area (Å²) in [6, 6.07) is 14.5. The summed E-state index contributed by atoms with van der Waals surface area (Å²) in [5, 5.41) is 4.67. The summed E-state index contributed by atoms with van der Waals surface area (Å²) < 4.78 is 6.29. The van der Waals surface area contributed by atoms with E-state index in [9.17, 15) is 4.79 Å². The first-order valence-corrected chi connectivity index (χ1v) is 7.69. The molecule has 0 aliphatic heterocycles. The Morgan fingerprint density at radius 2 is 2.00 bits per heavy atom. The van der Waals surface area contributed by atoms with Crippen molar-refractivity contribution in [2.75, 3.05) is 6.61 Å². The van der Waals surface area contributed by atoms with Crippen LogP contribution in [0.3, 0.4) is 0 Å². The quantitative estimate of drug-likeness (QED) is 0.628. The summed E-state index contributed by atoms with van der Waals surface area (Å²) in [6.45, 7) is 1.71. The average Bonchev–Trinajstić information content (AvgIpc) is 2.52. The summed E-state index contributed by atoms with van der Waals surface area (Å²) in [4.78, 5) is 11.7. The molecule has 22 heavy (non-hydrogen) atoms. The second kappa shape index (κ2) is 7.96. The van der Waals surface area contributed by atoms with Crippen molar-refractivity contribution in [3.63, 3.8) is 0 Å². The maximum absolute atomic E-state index is 11.7. The number of nitrogens with one attached hydrogen (secondary N) is 1. The van der Waals surface area contributed by atoms with E-state index in [4.69, 9.17) is 16.3 Å². The molecule has 0 fully saturated rings. The third kappa shape index (κ3) is 5.16. The van der Waals surface area contributed by atoms with Crippen LogP contribution in [0.2, 0.25) is 5.02 Å². The van der Waals surface area contributed by atoms with E-state index in [-0.39, 0.29) is 12.5 Å². The molecule has 2 aromatic carbocycles. The molecule has 114 valence electrons. The first-order valence-electron chi connectivity index (χ1n) is 6.52. The fraction of sp³-hybridized carbons (Fsp3) is 0.125. The van der Waals surface area contributed by atoms with Crippen molar-refractivity contribution in [3.8, 4) is 5.75 Å². The van der Waals surface area contributed by atoms with Gasteiger partial charge in [0.25, 0.3) is 5.91 Å². The number of hydrazone groups is 1. The van der Waals surface area contributed by atoms with E-state index in [2.05, 4.69) is 26.5 Å². The van der Waals surface area contributed by atoms with Crippen LogP contribution in [0.5, 0.6) is 5.75 Å². The van der Waals surface area contributed by atoms with Gasteiger partial charge >= 0.3 is 0 Å². The van der Waals surface area contributed by atoms with Gasteiger partial charge in [0.05, 0.1) is 5.71 Å². The minimum atomic E-state index is -0.329. The van der Waals surface area contributed by atoms with E-state index in [1.807, 2.05) is 31.2 Å². The Hall–Kier alpha value is -1.85. The van der Waals surface area contributed by atoms with Crippen LogP contribution < -0.4 is 10.2 Å². The lowest BCUT2D eigenvalue weighted by Crippen LogP contribution is -2.25. The van der Waals surface area contributed by atoms with Gasteiger partial charge in [0.1, 0.15) is 5.75 Å². The number of carbonyl (C=O) groups is 1. The molecule has 2 aromatic rings. The lowest BCUT2D eigenvalue weighted by atomic mass is 10.1. The highest BCUT2D eigenvalue weighted by Crippen LogP contribution is 2.15. The topological polar surface area (TPSA) is 50.7 Å². The summed E-state index contributed by atoms with van der Waals surface area (Å²) in [7, 11) is 0. The van der Waals surface area contributed by atoms with E-state index in [0.29, 0.717) is 16.5 Å². The van der Waals surface area contributed by atoms with Crippen LogP contribution in [-0.2, 0) is 4.79 Å². The van der Waals surface area contributed by atoms with Gasteiger partial charge in [0.15, 0.2) is 6.61 Å². The third-order valence-corrected chi connectivity index (χ3v) is 3.52. The number of hydrogen-bond acceptors (Lipinski definition) is 3. The minimum absolute atomic E-state index is 0.114. The molecule has 1 N–H and O–H groups in total. The Morgan fingerprint density at radius 1 is 1.27 bits per heavy atom. The predicted octanol–water partition coefficient (Wildman–Crippen LogP) is 4.02. The van der Waals surface area contributed by atoms with Gasteiger partial charge in [0, 0.05) is 9.50 Å². The zero-order valence-corrected chi connectivity index (χ0v) is 14.2. The molecule has 2 rings (SSSR count). The molecular formula is C16H14BrClN2O2. The summed E-state index contributed by atoms with van der Waals surface area (Å²) in [5.74, 6) is 0.247. The number of ether oxygens (including phenoxy) is 1. The van der Waals surface area contributed by atoms with Gasteiger partial charge in [-0.15, -0.1) is 0 Å². The number of amides is 1. The Bertz CT molecular complexity index is 687. The monoisotopic (exact) mass is 380 g/mol. The van der Waals surface area contributed by atoms with Crippen LogP contribution in [0.4, 0.5) is 0 Å². The van der Waals surface area contributed by atoms with Crippen molar-refractivity contribution < 1.29 is 9.53 Å². The molecule has 0 spiro atoms. The Labute approximate surface area is 142 Å². The number of nitrogens with zero attached hydrogens (tertiary/aromatic N) is 1. The molecule has 4 nitrogen and oxygen atoms in total. The van der Waals surface area contributed by atoms with E-state index >= 15 is 0 Å². The molecule has 0 aliphatic rings.